The number of aliphatic hydroxyl groups is 4. The summed E-state index contributed by atoms with van der Waals surface area (Å²) in [5.74, 6) is -0.876. The summed E-state index contributed by atoms with van der Waals surface area (Å²) >= 11 is 0. The molecule has 1 aromatic heterocycles. The second-order valence-corrected chi connectivity index (χ2v) is 5.74. The van der Waals surface area contributed by atoms with Crippen LogP contribution in [0.3, 0.4) is 0 Å². The number of benzene rings is 1. The van der Waals surface area contributed by atoms with Crippen LogP contribution < -0.4 is 15.1 Å². The average molecular weight is 370 g/mol. The number of rotatable bonds is 4. The minimum atomic E-state index is -1.70. The topological polar surface area (TPSA) is 159 Å². The highest BCUT2D eigenvalue weighted by molar-refractivity contribution is 5.87. The summed E-state index contributed by atoms with van der Waals surface area (Å²) in [6.07, 6.45) is -7.72. The molecule has 0 aliphatic carbocycles. The van der Waals surface area contributed by atoms with Crippen molar-refractivity contribution in [2.24, 2.45) is 0 Å². The smallest absolute Gasteiger partial charge is 0.336 e. The van der Waals surface area contributed by atoms with E-state index < -0.39 is 48.7 Å². The highest BCUT2D eigenvalue weighted by Crippen LogP contribution is 2.43. The Kier molecular flexibility index (Phi) is 5.03. The minimum absolute atomic E-state index is 0.00550. The van der Waals surface area contributed by atoms with Crippen molar-refractivity contribution in [1.82, 2.24) is 0 Å². The predicted octanol–water partition coefficient (Wildman–Crippen LogP) is -1.31. The fourth-order valence-electron chi connectivity index (χ4n) is 2.69. The second kappa shape index (κ2) is 7.09. The largest absolute Gasteiger partial charge is 0.502 e. The van der Waals surface area contributed by atoms with Crippen LogP contribution in [-0.4, -0.2) is 70.0 Å². The van der Waals surface area contributed by atoms with Gasteiger partial charge in [0.2, 0.25) is 17.8 Å². The van der Waals surface area contributed by atoms with Crippen molar-refractivity contribution in [2.75, 3.05) is 13.7 Å². The molecular formula is C16H18O10. The molecule has 4 unspecified atom stereocenters. The third-order valence-electron chi connectivity index (χ3n) is 4.11. The first kappa shape index (κ1) is 18.4. The van der Waals surface area contributed by atoms with Gasteiger partial charge in [0.05, 0.1) is 13.7 Å². The first-order valence-corrected chi connectivity index (χ1v) is 7.68. The molecule has 1 aliphatic rings. The molecule has 1 fully saturated rings. The molecule has 5 atom stereocenters. The zero-order valence-electron chi connectivity index (χ0n) is 13.6. The van der Waals surface area contributed by atoms with Gasteiger partial charge >= 0.3 is 5.63 Å². The Balaban J connectivity index is 2.06. The standard InChI is InChI=1S/C16H18O10/c1-23-7-4-6-2-3-9(18)25-14(6)15(11(7)20)26-16-13(22)12(21)10(19)8(5-17)24-16/h2-4,8,10,12-13,16-17,19-22H,5H2,1H3/t8?,10?,12?,13?,16-/m0/s1. The van der Waals surface area contributed by atoms with Gasteiger partial charge in [0.15, 0.2) is 11.3 Å². The van der Waals surface area contributed by atoms with Crippen LogP contribution in [-0.2, 0) is 4.74 Å². The third kappa shape index (κ3) is 3.08. The lowest BCUT2D eigenvalue weighted by atomic mass is 9.99. The summed E-state index contributed by atoms with van der Waals surface area (Å²) in [6, 6.07) is 3.99. The molecule has 0 spiro atoms. The number of fused-ring (bicyclic) bond motifs is 1. The molecule has 3 rings (SSSR count). The van der Waals surface area contributed by atoms with E-state index in [0.29, 0.717) is 5.39 Å². The molecular weight excluding hydrogens is 352 g/mol. The normalized spacial score (nSPS) is 28.9. The lowest BCUT2D eigenvalue weighted by Gasteiger charge is -2.39. The van der Waals surface area contributed by atoms with Crippen LogP contribution in [0.1, 0.15) is 0 Å². The average Bonchev–Trinajstić information content (AvgIpc) is 2.64. The Hall–Kier alpha value is -2.37. The van der Waals surface area contributed by atoms with Crippen LogP contribution >= 0.6 is 0 Å². The van der Waals surface area contributed by atoms with Crippen LogP contribution in [0.5, 0.6) is 17.2 Å². The van der Waals surface area contributed by atoms with Crippen molar-refractivity contribution in [3.8, 4) is 17.2 Å². The van der Waals surface area contributed by atoms with Crippen molar-refractivity contribution < 1.29 is 44.2 Å². The van der Waals surface area contributed by atoms with E-state index in [1.54, 1.807) is 0 Å². The number of methoxy groups -OCH3 is 1. The molecule has 10 heteroatoms. The molecule has 10 nitrogen and oxygen atoms in total. The van der Waals surface area contributed by atoms with Gasteiger partial charge in [-0.2, -0.15) is 0 Å². The van der Waals surface area contributed by atoms with Crippen LogP contribution in [0, 0.1) is 0 Å². The first-order chi connectivity index (χ1) is 12.4. The Labute approximate surface area is 146 Å². The van der Waals surface area contributed by atoms with Gasteiger partial charge in [0, 0.05) is 11.5 Å². The maximum atomic E-state index is 11.5. The van der Waals surface area contributed by atoms with Gasteiger partial charge in [-0.3, -0.25) is 0 Å². The molecule has 0 radical (unpaired) electrons. The summed E-state index contributed by atoms with van der Waals surface area (Å²) in [7, 11) is 1.30. The van der Waals surface area contributed by atoms with E-state index in [2.05, 4.69) is 0 Å². The van der Waals surface area contributed by atoms with Gasteiger partial charge in [-0.15, -0.1) is 0 Å². The molecule has 0 saturated carbocycles. The Bertz CT molecular complexity index is 845. The van der Waals surface area contributed by atoms with Crippen LogP contribution in [0.25, 0.3) is 11.0 Å². The Morgan fingerprint density at radius 2 is 1.88 bits per heavy atom. The van der Waals surface area contributed by atoms with Crippen LogP contribution in [0.15, 0.2) is 27.4 Å². The third-order valence-corrected chi connectivity index (χ3v) is 4.11. The summed E-state index contributed by atoms with van der Waals surface area (Å²) in [4.78, 5) is 11.5. The van der Waals surface area contributed by atoms with E-state index in [1.807, 2.05) is 0 Å². The Morgan fingerprint density at radius 1 is 1.15 bits per heavy atom. The number of hydrogen-bond donors (Lipinski definition) is 5. The molecule has 2 heterocycles. The first-order valence-electron chi connectivity index (χ1n) is 7.68. The van der Waals surface area contributed by atoms with Crippen molar-refractivity contribution in [2.45, 2.75) is 30.7 Å². The van der Waals surface area contributed by atoms with Gasteiger partial charge in [-0.05, 0) is 12.1 Å². The summed E-state index contributed by atoms with van der Waals surface area (Å²) in [5, 5.41) is 49.6. The highest BCUT2D eigenvalue weighted by Gasteiger charge is 2.45. The monoisotopic (exact) mass is 370 g/mol. The van der Waals surface area contributed by atoms with Gasteiger partial charge in [-0.1, -0.05) is 0 Å². The number of ether oxygens (including phenoxy) is 3. The molecule has 26 heavy (non-hydrogen) atoms. The van der Waals surface area contributed by atoms with E-state index in [1.165, 1.54) is 19.2 Å². The maximum absolute atomic E-state index is 11.5. The molecule has 1 aliphatic heterocycles. The number of aromatic hydroxyl groups is 1. The highest BCUT2D eigenvalue weighted by atomic mass is 16.7. The molecule has 0 bridgehead atoms. The van der Waals surface area contributed by atoms with Crippen molar-refractivity contribution in [1.29, 1.82) is 0 Å². The molecule has 142 valence electrons. The SMILES string of the molecule is COc1cc2ccc(=O)oc2c(O[C@@H]2OC(CO)C(O)C(O)C2O)c1O. The Morgan fingerprint density at radius 3 is 2.54 bits per heavy atom. The van der Waals surface area contributed by atoms with Crippen LogP contribution in [0.4, 0.5) is 0 Å². The minimum Gasteiger partial charge on any atom is -0.502 e. The number of hydrogen-bond acceptors (Lipinski definition) is 10. The van der Waals surface area contributed by atoms with Crippen LogP contribution in [0.2, 0.25) is 0 Å². The number of phenolic OH excluding ortho intramolecular Hbond substituents is 1. The van der Waals surface area contributed by atoms with Crippen molar-refractivity contribution >= 4 is 11.0 Å². The zero-order valence-corrected chi connectivity index (χ0v) is 13.6. The van der Waals surface area contributed by atoms with Gasteiger partial charge in [0.25, 0.3) is 0 Å². The van der Waals surface area contributed by atoms with E-state index in [4.69, 9.17) is 18.6 Å². The molecule has 5 N–H and O–H groups in total. The summed E-state index contributed by atoms with van der Waals surface area (Å²) in [6.45, 7) is -0.648. The van der Waals surface area contributed by atoms with Crippen molar-refractivity contribution in [3.05, 3.63) is 28.6 Å². The molecule has 2 aromatic rings. The van der Waals surface area contributed by atoms with Gasteiger partial charge in [0.1, 0.15) is 24.4 Å². The lowest BCUT2D eigenvalue weighted by Crippen LogP contribution is -2.60. The quantitative estimate of drug-likeness (QED) is 0.409. The maximum Gasteiger partial charge on any atom is 0.336 e. The lowest BCUT2D eigenvalue weighted by molar-refractivity contribution is -0.277. The fourth-order valence-corrected chi connectivity index (χ4v) is 2.69. The molecule has 1 aromatic carbocycles. The fraction of sp³-hybridized carbons (Fsp3) is 0.438. The van der Waals surface area contributed by atoms with Crippen molar-refractivity contribution in [3.63, 3.8) is 0 Å². The number of aliphatic hydroxyl groups excluding tert-OH is 4. The van der Waals surface area contributed by atoms with E-state index in [0.717, 1.165) is 6.07 Å². The van der Waals surface area contributed by atoms with E-state index in [9.17, 15) is 30.3 Å². The molecule has 0 amide bonds. The summed E-state index contributed by atoms with van der Waals surface area (Å²) < 4.78 is 20.8. The summed E-state index contributed by atoms with van der Waals surface area (Å²) in [5.41, 5.74) is -0.839. The van der Waals surface area contributed by atoms with E-state index in [-0.39, 0.29) is 17.1 Å². The van der Waals surface area contributed by atoms with E-state index >= 15 is 0 Å². The molecule has 1 saturated heterocycles. The van der Waals surface area contributed by atoms with Gasteiger partial charge < -0.3 is 44.2 Å². The zero-order chi connectivity index (χ0) is 19.0. The number of phenols is 1. The predicted molar refractivity (Wildman–Crippen MR) is 85.1 cm³/mol. The van der Waals surface area contributed by atoms with Gasteiger partial charge in [-0.25, -0.2) is 4.79 Å². The second-order valence-electron chi connectivity index (χ2n) is 5.74.